The van der Waals surface area contributed by atoms with Crippen molar-refractivity contribution in [3.05, 3.63) is 82.6 Å². The highest BCUT2D eigenvalue weighted by atomic mass is 35.5. The second-order valence-electron chi connectivity index (χ2n) is 7.87. The molecule has 0 saturated heterocycles. The molecule has 4 rings (SSSR count). The van der Waals surface area contributed by atoms with Gasteiger partial charge in [0.15, 0.2) is 0 Å². The Labute approximate surface area is 207 Å². The molecule has 35 heavy (non-hydrogen) atoms. The fourth-order valence-electron chi connectivity index (χ4n) is 3.85. The lowest BCUT2D eigenvalue weighted by atomic mass is 9.99. The van der Waals surface area contributed by atoms with E-state index in [-0.39, 0.29) is 12.1 Å². The van der Waals surface area contributed by atoms with E-state index in [0.717, 1.165) is 0 Å². The molecule has 0 aromatic heterocycles. The Morgan fingerprint density at radius 2 is 1.74 bits per heavy atom. The molecule has 1 N–H and O–H groups in total. The topological polar surface area (TPSA) is 80.2 Å². The molecule has 0 unspecified atom stereocenters. The molecule has 3 aromatic rings. The first kappa shape index (κ1) is 24.2. The van der Waals surface area contributed by atoms with Crippen molar-refractivity contribution in [3.63, 3.8) is 0 Å². The third kappa shape index (κ3) is 5.12. The molecule has 2 amide bonds. The van der Waals surface area contributed by atoms with Gasteiger partial charge in [-0.15, -0.1) is 0 Å². The van der Waals surface area contributed by atoms with E-state index in [1.807, 2.05) is 0 Å². The Balaban J connectivity index is 1.70. The number of hydrogen-bond donors (Lipinski definition) is 1. The maximum absolute atomic E-state index is 14.7. The van der Waals surface area contributed by atoms with Crippen molar-refractivity contribution < 1.29 is 23.5 Å². The van der Waals surface area contributed by atoms with Gasteiger partial charge in [-0.1, -0.05) is 23.7 Å². The Morgan fingerprint density at radius 1 is 1.06 bits per heavy atom. The zero-order chi connectivity index (χ0) is 25.1. The minimum atomic E-state index is -0.861. The van der Waals surface area contributed by atoms with Crippen LogP contribution in [0.4, 0.5) is 15.8 Å². The second-order valence-corrected chi connectivity index (χ2v) is 8.31. The minimum absolute atomic E-state index is 0.241. The van der Waals surface area contributed by atoms with E-state index in [1.54, 1.807) is 61.5 Å². The van der Waals surface area contributed by atoms with Crippen molar-refractivity contribution in [2.75, 3.05) is 31.0 Å². The van der Waals surface area contributed by atoms with Crippen molar-refractivity contribution in [3.8, 4) is 11.5 Å². The van der Waals surface area contributed by atoms with E-state index in [0.29, 0.717) is 39.2 Å². The van der Waals surface area contributed by atoms with Crippen LogP contribution in [0.15, 0.2) is 65.7 Å². The summed E-state index contributed by atoms with van der Waals surface area (Å²) in [5.74, 6) is -0.326. The molecule has 1 atom stereocenters. The summed E-state index contributed by atoms with van der Waals surface area (Å²) in [6, 6.07) is 15.1. The van der Waals surface area contributed by atoms with Gasteiger partial charge in [-0.25, -0.2) is 4.39 Å². The number of aliphatic imine (C=N–C) groups is 1. The normalized spacial score (nSPS) is 15.1. The lowest BCUT2D eigenvalue weighted by Crippen LogP contribution is -2.42. The third-order valence-electron chi connectivity index (χ3n) is 5.52. The number of rotatable bonds is 6. The monoisotopic (exact) mass is 495 g/mol. The molecule has 0 aliphatic carbocycles. The van der Waals surface area contributed by atoms with Crippen LogP contribution in [0.1, 0.15) is 18.1 Å². The maximum atomic E-state index is 14.7. The van der Waals surface area contributed by atoms with E-state index >= 15 is 0 Å². The van der Waals surface area contributed by atoms with Gasteiger partial charge in [0.25, 0.3) is 5.91 Å². The number of fused-ring (bicyclic) bond motifs is 1. The van der Waals surface area contributed by atoms with Crippen LogP contribution >= 0.6 is 11.6 Å². The van der Waals surface area contributed by atoms with Crippen LogP contribution < -0.4 is 19.7 Å². The number of nitrogens with one attached hydrogen (secondary N) is 1. The van der Waals surface area contributed by atoms with E-state index in [1.165, 1.54) is 25.2 Å². The number of benzodiazepines with no additional fused rings is 1. The van der Waals surface area contributed by atoms with Crippen molar-refractivity contribution in [1.29, 1.82) is 0 Å². The number of nitrogens with zero attached hydrogens (tertiary/aromatic N) is 2. The smallest absolute Gasteiger partial charge is 0.252 e. The fraction of sp³-hybridized carbons (Fsp3) is 0.192. The van der Waals surface area contributed by atoms with Crippen LogP contribution in [0.5, 0.6) is 11.5 Å². The van der Waals surface area contributed by atoms with Crippen LogP contribution in [0.25, 0.3) is 0 Å². The first-order valence-corrected chi connectivity index (χ1v) is 11.2. The van der Waals surface area contributed by atoms with Crippen LogP contribution in [-0.2, 0) is 9.59 Å². The molecule has 9 heteroatoms. The van der Waals surface area contributed by atoms with Gasteiger partial charge in [-0.3, -0.25) is 14.6 Å². The molecular formula is C26H23ClFN3O4. The van der Waals surface area contributed by atoms with E-state index in [9.17, 15) is 14.0 Å². The quantitative estimate of drug-likeness (QED) is 0.537. The van der Waals surface area contributed by atoms with Crippen molar-refractivity contribution in [2.24, 2.45) is 4.99 Å². The molecule has 1 aliphatic rings. The highest BCUT2D eigenvalue weighted by Gasteiger charge is 2.32. The largest absolute Gasteiger partial charge is 0.497 e. The van der Waals surface area contributed by atoms with Crippen LogP contribution in [-0.4, -0.2) is 44.3 Å². The summed E-state index contributed by atoms with van der Waals surface area (Å²) < 4.78 is 25.2. The van der Waals surface area contributed by atoms with Gasteiger partial charge in [0.05, 0.1) is 25.6 Å². The molecule has 180 valence electrons. The predicted molar refractivity (Wildman–Crippen MR) is 133 cm³/mol. The Bertz CT molecular complexity index is 1310. The van der Waals surface area contributed by atoms with E-state index < -0.39 is 23.7 Å². The van der Waals surface area contributed by atoms with Gasteiger partial charge >= 0.3 is 0 Å². The summed E-state index contributed by atoms with van der Waals surface area (Å²) in [4.78, 5) is 32.2. The van der Waals surface area contributed by atoms with Crippen LogP contribution in [0.3, 0.4) is 0 Å². The average Bonchev–Trinajstić information content (AvgIpc) is 2.94. The zero-order valence-electron chi connectivity index (χ0n) is 19.3. The average molecular weight is 496 g/mol. The lowest BCUT2D eigenvalue weighted by Gasteiger charge is -2.24. The molecular weight excluding hydrogens is 473 g/mol. The van der Waals surface area contributed by atoms with E-state index in [4.69, 9.17) is 21.1 Å². The van der Waals surface area contributed by atoms with Crippen molar-refractivity contribution in [1.82, 2.24) is 0 Å². The predicted octanol–water partition coefficient (Wildman–Crippen LogP) is 4.71. The van der Waals surface area contributed by atoms with E-state index in [2.05, 4.69) is 10.3 Å². The lowest BCUT2D eigenvalue weighted by molar-refractivity contribution is -0.122. The first-order valence-electron chi connectivity index (χ1n) is 10.8. The zero-order valence-corrected chi connectivity index (χ0v) is 20.1. The van der Waals surface area contributed by atoms with Crippen molar-refractivity contribution in [2.45, 2.75) is 13.0 Å². The number of hydrogen-bond acceptors (Lipinski definition) is 5. The molecule has 0 radical (unpaired) electrons. The number of methoxy groups -OCH3 is 2. The Kier molecular flexibility index (Phi) is 7.02. The van der Waals surface area contributed by atoms with Crippen LogP contribution in [0.2, 0.25) is 5.02 Å². The Morgan fingerprint density at radius 3 is 2.40 bits per heavy atom. The fourth-order valence-corrected chi connectivity index (χ4v) is 4.02. The van der Waals surface area contributed by atoms with Gasteiger partial charge in [-0.05, 0) is 37.3 Å². The maximum Gasteiger partial charge on any atom is 0.252 e. The van der Waals surface area contributed by atoms with Crippen LogP contribution in [0, 0.1) is 5.82 Å². The van der Waals surface area contributed by atoms with Gasteiger partial charge in [0.1, 0.15) is 29.9 Å². The SMILES string of the molecule is COc1cc(NC(=O)CN2C(=O)[C@H](C)N=C(c3ccccc3F)c3cc(Cl)ccc32)cc(OC)c1. The number of amides is 2. The number of carbonyl (C=O) groups excluding carboxylic acids is 2. The summed E-state index contributed by atoms with van der Waals surface area (Å²) in [7, 11) is 3.01. The molecule has 0 fully saturated rings. The van der Waals surface area contributed by atoms with Crippen molar-refractivity contribution >= 4 is 40.5 Å². The number of carbonyl (C=O) groups is 2. The third-order valence-corrected chi connectivity index (χ3v) is 5.75. The number of ether oxygens (including phenoxy) is 2. The van der Waals surface area contributed by atoms with Gasteiger partial charge < -0.3 is 19.7 Å². The molecule has 0 saturated carbocycles. The second kappa shape index (κ2) is 10.1. The summed E-state index contributed by atoms with van der Waals surface area (Å²) >= 11 is 6.26. The highest BCUT2D eigenvalue weighted by Crippen LogP contribution is 2.32. The number of benzene rings is 3. The summed E-state index contributed by atoms with van der Waals surface area (Å²) in [6.45, 7) is 1.31. The van der Waals surface area contributed by atoms with Gasteiger partial charge in [-0.2, -0.15) is 0 Å². The number of anilines is 2. The number of halogens is 2. The molecule has 7 nitrogen and oxygen atoms in total. The highest BCUT2D eigenvalue weighted by molar-refractivity contribution is 6.32. The molecule has 0 bridgehead atoms. The molecule has 0 spiro atoms. The van der Waals surface area contributed by atoms with Gasteiger partial charge in [0, 0.05) is 40.0 Å². The molecule has 3 aromatic carbocycles. The standard InChI is InChI=1S/C26H23ClFN3O4/c1-15-26(33)31(14-24(32)30-17-11-18(34-2)13-19(12-17)35-3)23-9-8-16(27)10-21(23)25(29-15)20-6-4-5-7-22(20)28/h4-13,15H,14H2,1-3H3,(H,30,32)/t15-/m0/s1. The summed E-state index contributed by atoms with van der Waals surface area (Å²) in [5, 5.41) is 3.16. The Hall–Kier alpha value is -3.91. The molecule has 1 aliphatic heterocycles. The molecule has 1 heterocycles. The summed E-state index contributed by atoms with van der Waals surface area (Å²) in [5.41, 5.74) is 1.84. The summed E-state index contributed by atoms with van der Waals surface area (Å²) in [6.07, 6.45) is 0. The first-order chi connectivity index (χ1) is 16.8. The van der Waals surface area contributed by atoms with Gasteiger partial charge in [0.2, 0.25) is 5.91 Å². The minimum Gasteiger partial charge on any atom is -0.497 e.